The lowest BCUT2D eigenvalue weighted by Gasteiger charge is -2.17. The van der Waals surface area contributed by atoms with Gasteiger partial charge in [-0.1, -0.05) is 25.1 Å². The zero-order valence-corrected chi connectivity index (χ0v) is 20.0. The lowest BCUT2D eigenvalue weighted by molar-refractivity contribution is -0.124. The van der Waals surface area contributed by atoms with Crippen LogP contribution in [-0.4, -0.2) is 47.7 Å². The van der Waals surface area contributed by atoms with Crippen LogP contribution >= 0.6 is 0 Å². The molecule has 2 amide bonds. The van der Waals surface area contributed by atoms with E-state index in [0.29, 0.717) is 28.3 Å². The van der Waals surface area contributed by atoms with Crippen molar-refractivity contribution in [1.82, 2.24) is 15.1 Å². The van der Waals surface area contributed by atoms with Crippen molar-refractivity contribution in [2.24, 2.45) is 5.92 Å². The van der Waals surface area contributed by atoms with Crippen LogP contribution in [0.3, 0.4) is 0 Å². The Kier molecular flexibility index (Phi) is 7.44. The van der Waals surface area contributed by atoms with E-state index < -0.39 is 24.3 Å². The van der Waals surface area contributed by atoms with Gasteiger partial charge in [0, 0.05) is 38.1 Å². The number of amides is 2. The van der Waals surface area contributed by atoms with E-state index in [9.17, 15) is 22.8 Å². The van der Waals surface area contributed by atoms with Gasteiger partial charge in [-0.25, -0.2) is 17.9 Å². The minimum atomic E-state index is -2.88. The maximum atomic E-state index is 13.6. The number of hydrogen-bond acceptors (Lipinski definition) is 4. The number of carbonyl (C=O) groups excluding carboxylic acids is 2. The number of aromatic nitrogens is 2. The molecule has 2 heterocycles. The van der Waals surface area contributed by atoms with Gasteiger partial charge in [0.15, 0.2) is 5.82 Å². The van der Waals surface area contributed by atoms with Crippen LogP contribution in [0.2, 0.25) is 0 Å². The van der Waals surface area contributed by atoms with Gasteiger partial charge in [-0.2, -0.15) is 0 Å². The van der Waals surface area contributed by atoms with Crippen molar-refractivity contribution < 1.29 is 27.5 Å². The van der Waals surface area contributed by atoms with Crippen molar-refractivity contribution in [1.29, 1.82) is 0 Å². The number of ether oxygens (including phenoxy) is 1. The Bertz CT molecular complexity index is 1240. The SMILES string of the molecule is CCC(F)(F)COCc1cccc(-c2cc(N(C)C(=O)[C@@H]3CNC(=O)C3)nn2-c2ccc(F)cc2)c1. The molecule has 2 aromatic carbocycles. The molecule has 0 saturated carbocycles. The number of anilines is 1. The van der Waals surface area contributed by atoms with Crippen molar-refractivity contribution in [3.8, 4) is 16.9 Å². The summed E-state index contributed by atoms with van der Waals surface area (Å²) in [6.07, 6.45) is -0.183. The minimum absolute atomic E-state index is 0.00205. The Labute approximate surface area is 206 Å². The highest BCUT2D eigenvalue weighted by molar-refractivity contribution is 5.98. The van der Waals surface area contributed by atoms with Crippen LogP contribution in [0.15, 0.2) is 54.6 Å². The average molecular weight is 501 g/mol. The van der Waals surface area contributed by atoms with Crippen molar-refractivity contribution in [2.45, 2.75) is 32.3 Å². The largest absolute Gasteiger partial charge is 0.371 e. The molecule has 10 heteroatoms. The molecule has 0 radical (unpaired) electrons. The molecule has 1 atom stereocenters. The van der Waals surface area contributed by atoms with Gasteiger partial charge < -0.3 is 10.1 Å². The van der Waals surface area contributed by atoms with Gasteiger partial charge in [0.1, 0.15) is 12.4 Å². The maximum Gasteiger partial charge on any atom is 0.270 e. The minimum Gasteiger partial charge on any atom is -0.371 e. The van der Waals surface area contributed by atoms with Gasteiger partial charge in [0.2, 0.25) is 11.8 Å². The van der Waals surface area contributed by atoms with Crippen LogP contribution in [0.4, 0.5) is 19.0 Å². The molecule has 3 aromatic rings. The molecule has 4 rings (SSSR count). The second-order valence-electron chi connectivity index (χ2n) is 8.78. The number of benzene rings is 2. The van der Waals surface area contributed by atoms with Crippen LogP contribution in [-0.2, 0) is 20.9 Å². The number of hydrogen-bond donors (Lipinski definition) is 1. The molecule has 1 fully saturated rings. The quantitative estimate of drug-likeness (QED) is 0.474. The molecular formula is C26H27F3N4O3. The lowest BCUT2D eigenvalue weighted by atomic mass is 10.1. The van der Waals surface area contributed by atoms with Gasteiger partial charge in [-0.3, -0.25) is 14.5 Å². The Balaban J connectivity index is 1.65. The molecule has 1 N–H and O–H groups in total. The van der Waals surface area contributed by atoms with Crippen LogP contribution in [0.5, 0.6) is 0 Å². The predicted octanol–water partition coefficient (Wildman–Crippen LogP) is 4.34. The summed E-state index contributed by atoms with van der Waals surface area (Å²) < 4.78 is 47.4. The van der Waals surface area contributed by atoms with E-state index in [4.69, 9.17) is 4.74 Å². The van der Waals surface area contributed by atoms with Gasteiger partial charge in [0.25, 0.3) is 5.92 Å². The standard InChI is InChI=1S/C26H27F3N4O3/c1-3-26(28,29)16-36-15-17-5-4-6-18(11-17)22-13-23(31-33(22)21-9-7-20(27)8-10-21)32(2)25(35)19-12-24(34)30-14-19/h4-11,13,19H,3,12,14-16H2,1-2H3,(H,30,34)/t19-/m0/s1. The molecule has 190 valence electrons. The Hall–Kier alpha value is -3.66. The van der Waals surface area contributed by atoms with Crippen molar-refractivity contribution in [2.75, 3.05) is 25.1 Å². The van der Waals surface area contributed by atoms with E-state index in [1.807, 2.05) is 6.07 Å². The maximum absolute atomic E-state index is 13.6. The number of alkyl halides is 2. The molecule has 0 aliphatic carbocycles. The third-order valence-electron chi connectivity index (χ3n) is 6.09. The Morgan fingerprint density at radius 3 is 2.64 bits per heavy atom. The van der Waals surface area contributed by atoms with E-state index in [-0.39, 0.29) is 37.8 Å². The average Bonchev–Trinajstić information content (AvgIpc) is 3.51. The van der Waals surface area contributed by atoms with Crippen LogP contribution in [0.1, 0.15) is 25.3 Å². The first-order valence-corrected chi connectivity index (χ1v) is 11.6. The summed E-state index contributed by atoms with van der Waals surface area (Å²) in [6.45, 7) is 1.01. The smallest absolute Gasteiger partial charge is 0.270 e. The molecule has 1 aliphatic heterocycles. The second kappa shape index (κ2) is 10.5. The van der Waals surface area contributed by atoms with E-state index >= 15 is 0 Å². The number of nitrogens with one attached hydrogen (secondary N) is 1. The summed E-state index contributed by atoms with van der Waals surface area (Å²) in [6, 6.07) is 14.6. The fourth-order valence-electron chi connectivity index (χ4n) is 3.92. The predicted molar refractivity (Wildman–Crippen MR) is 128 cm³/mol. The monoisotopic (exact) mass is 500 g/mol. The first-order valence-electron chi connectivity index (χ1n) is 11.6. The number of halogens is 3. The van der Waals surface area contributed by atoms with Crippen molar-refractivity contribution >= 4 is 17.6 Å². The molecule has 0 spiro atoms. The summed E-state index contributed by atoms with van der Waals surface area (Å²) in [5.74, 6) is -3.84. The first-order chi connectivity index (χ1) is 17.2. The molecule has 0 bridgehead atoms. The molecular weight excluding hydrogens is 473 g/mol. The topological polar surface area (TPSA) is 76.5 Å². The molecule has 1 aliphatic rings. The zero-order valence-electron chi connectivity index (χ0n) is 20.0. The molecule has 7 nitrogen and oxygen atoms in total. The number of carbonyl (C=O) groups is 2. The first kappa shape index (κ1) is 25.4. The van der Waals surface area contributed by atoms with E-state index in [1.54, 1.807) is 48.1 Å². The highest BCUT2D eigenvalue weighted by Gasteiger charge is 2.32. The summed E-state index contributed by atoms with van der Waals surface area (Å²) in [4.78, 5) is 25.9. The Morgan fingerprint density at radius 2 is 1.97 bits per heavy atom. The number of rotatable bonds is 9. The Morgan fingerprint density at radius 1 is 1.22 bits per heavy atom. The van der Waals surface area contributed by atoms with Gasteiger partial charge in [0.05, 0.1) is 23.9 Å². The third kappa shape index (κ3) is 5.76. The number of nitrogens with zero attached hydrogens (tertiary/aromatic N) is 3. The van der Waals surface area contributed by atoms with Crippen LogP contribution < -0.4 is 10.2 Å². The third-order valence-corrected chi connectivity index (χ3v) is 6.09. The highest BCUT2D eigenvalue weighted by atomic mass is 19.3. The second-order valence-corrected chi connectivity index (χ2v) is 8.78. The lowest BCUT2D eigenvalue weighted by Crippen LogP contribution is -2.34. The van der Waals surface area contributed by atoms with E-state index in [0.717, 1.165) is 0 Å². The summed E-state index contributed by atoms with van der Waals surface area (Å²) in [5.41, 5.74) is 2.57. The van der Waals surface area contributed by atoms with E-state index in [1.165, 1.54) is 24.0 Å². The summed E-state index contributed by atoms with van der Waals surface area (Å²) >= 11 is 0. The fraction of sp³-hybridized carbons (Fsp3) is 0.346. The van der Waals surface area contributed by atoms with Gasteiger partial charge >= 0.3 is 0 Å². The van der Waals surface area contributed by atoms with Crippen LogP contribution in [0.25, 0.3) is 16.9 Å². The van der Waals surface area contributed by atoms with Crippen LogP contribution in [0, 0.1) is 11.7 Å². The highest BCUT2D eigenvalue weighted by Crippen LogP contribution is 2.29. The zero-order chi connectivity index (χ0) is 25.9. The molecule has 0 unspecified atom stereocenters. The van der Waals surface area contributed by atoms with Gasteiger partial charge in [-0.05, 0) is 35.9 Å². The van der Waals surface area contributed by atoms with Crippen molar-refractivity contribution in [3.63, 3.8) is 0 Å². The normalized spacial score (nSPS) is 15.7. The molecule has 36 heavy (non-hydrogen) atoms. The molecule has 1 aromatic heterocycles. The van der Waals surface area contributed by atoms with Crippen molar-refractivity contribution in [3.05, 3.63) is 66.0 Å². The summed E-state index contributed by atoms with van der Waals surface area (Å²) in [7, 11) is 1.59. The summed E-state index contributed by atoms with van der Waals surface area (Å²) in [5, 5.41) is 7.26. The van der Waals surface area contributed by atoms with Gasteiger partial charge in [-0.15, -0.1) is 5.10 Å². The molecule has 1 saturated heterocycles. The van der Waals surface area contributed by atoms with E-state index in [2.05, 4.69) is 10.4 Å². The fourth-order valence-corrected chi connectivity index (χ4v) is 3.92.